The van der Waals surface area contributed by atoms with Crippen molar-refractivity contribution in [2.45, 2.75) is 58.4 Å². The Balaban J connectivity index is 2.58. The molecule has 1 amide bonds. The normalized spacial score (nSPS) is 26.0. The predicted octanol–water partition coefficient (Wildman–Crippen LogP) is 2.15. The van der Waals surface area contributed by atoms with E-state index in [9.17, 15) is 4.79 Å². The van der Waals surface area contributed by atoms with Gasteiger partial charge in [-0.1, -0.05) is 20.3 Å². The summed E-state index contributed by atoms with van der Waals surface area (Å²) in [7, 11) is 0. The average Bonchev–Trinajstić information content (AvgIpc) is 2.52. The molecule has 16 heavy (non-hydrogen) atoms. The first-order valence-corrected chi connectivity index (χ1v) is 6.59. The maximum absolute atomic E-state index is 12.2. The summed E-state index contributed by atoms with van der Waals surface area (Å²) in [5.74, 6) is 0.926. The van der Waals surface area contributed by atoms with E-state index in [1.807, 2.05) is 18.7 Å². The van der Waals surface area contributed by atoms with Gasteiger partial charge >= 0.3 is 0 Å². The summed E-state index contributed by atoms with van der Waals surface area (Å²) in [6.45, 7) is 7.84. The van der Waals surface area contributed by atoms with E-state index in [4.69, 9.17) is 5.73 Å². The number of hydrogen-bond acceptors (Lipinski definition) is 2. The third-order valence-electron chi connectivity index (χ3n) is 3.94. The molecule has 0 aromatic heterocycles. The Labute approximate surface area is 99.4 Å². The van der Waals surface area contributed by atoms with Crippen LogP contribution in [-0.2, 0) is 4.79 Å². The number of nitrogens with zero attached hydrogens (tertiary/aromatic N) is 1. The van der Waals surface area contributed by atoms with Crippen LogP contribution in [0.2, 0.25) is 0 Å². The van der Waals surface area contributed by atoms with E-state index in [1.54, 1.807) is 0 Å². The highest BCUT2D eigenvalue weighted by molar-refractivity contribution is 5.85. The van der Waals surface area contributed by atoms with Crippen molar-refractivity contribution in [3.05, 3.63) is 0 Å². The third-order valence-corrected chi connectivity index (χ3v) is 3.94. The van der Waals surface area contributed by atoms with Gasteiger partial charge in [-0.05, 0) is 38.5 Å². The summed E-state index contributed by atoms with van der Waals surface area (Å²) in [5.41, 5.74) is 5.34. The molecule has 2 unspecified atom stereocenters. The molecule has 3 heteroatoms. The molecule has 0 bridgehead atoms. The maximum Gasteiger partial charge on any atom is 0.242 e. The van der Waals surface area contributed by atoms with Gasteiger partial charge in [0.1, 0.15) is 0 Å². The van der Waals surface area contributed by atoms with Gasteiger partial charge in [-0.2, -0.15) is 0 Å². The molecular formula is C13H26N2O. The van der Waals surface area contributed by atoms with Crippen LogP contribution in [0.3, 0.4) is 0 Å². The number of amides is 1. The summed E-state index contributed by atoms with van der Waals surface area (Å²) in [6, 6.07) is 0. The van der Waals surface area contributed by atoms with E-state index >= 15 is 0 Å². The molecule has 0 radical (unpaired) electrons. The van der Waals surface area contributed by atoms with E-state index in [0.717, 1.165) is 31.8 Å². The lowest BCUT2D eigenvalue weighted by molar-refractivity contribution is -0.136. The quantitative estimate of drug-likeness (QED) is 0.801. The minimum absolute atomic E-state index is 0.131. The molecule has 94 valence electrons. The largest absolute Gasteiger partial charge is 0.341 e. The highest BCUT2D eigenvalue weighted by Gasteiger charge is 2.31. The van der Waals surface area contributed by atoms with Crippen LogP contribution in [0.4, 0.5) is 0 Å². The van der Waals surface area contributed by atoms with Crippen molar-refractivity contribution in [3.63, 3.8) is 0 Å². The summed E-state index contributed by atoms with van der Waals surface area (Å²) in [5, 5.41) is 0. The number of nitrogens with two attached hydrogens (primary N) is 1. The first-order valence-electron chi connectivity index (χ1n) is 6.59. The van der Waals surface area contributed by atoms with Crippen LogP contribution in [0.15, 0.2) is 0 Å². The van der Waals surface area contributed by atoms with Crippen LogP contribution in [-0.4, -0.2) is 29.4 Å². The van der Waals surface area contributed by atoms with Gasteiger partial charge in [0.2, 0.25) is 5.91 Å². The Kier molecular flexibility index (Phi) is 4.78. The fourth-order valence-electron chi connectivity index (χ4n) is 2.29. The molecule has 0 aromatic carbocycles. The molecule has 0 saturated carbocycles. The lowest BCUT2D eigenvalue weighted by Gasteiger charge is -2.30. The molecule has 1 heterocycles. The second-order valence-electron chi connectivity index (χ2n) is 5.27. The van der Waals surface area contributed by atoms with Gasteiger partial charge in [0.25, 0.3) is 0 Å². The van der Waals surface area contributed by atoms with Crippen LogP contribution in [0.1, 0.15) is 52.9 Å². The first-order chi connectivity index (χ1) is 7.51. The molecule has 2 N–H and O–H groups in total. The van der Waals surface area contributed by atoms with Crippen LogP contribution >= 0.6 is 0 Å². The molecule has 0 aromatic rings. The Morgan fingerprint density at radius 3 is 2.62 bits per heavy atom. The molecule has 0 aliphatic carbocycles. The Morgan fingerprint density at radius 2 is 2.06 bits per heavy atom. The highest BCUT2D eigenvalue weighted by atomic mass is 16.2. The minimum atomic E-state index is -0.675. The van der Waals surface area contributed by atoms with Gasteiger partial charge in [-0.25, -0.2) is 0 Å². The van der Waals surface area contributed by atoms with Crippen LogP contribution in [0.5, 0.6) is 0 Å². The molecule has 3 nitrogen and oxygen atoms in total. The third kappa shape index (κ3) is 3.21. The molecule has 1 aliphatic heterocycles. The van der Waals surface area contributed by atoms with Crippen molar-refractivity contribution >= 4 is 5.91 Å². The van der Waals surface area contributed by atoms with Gasteiger partial charge in [-0.15, -0.1) is 0 Å². The van der Waals surface area contributed by atoms with Gasteiger partial charge in [0.15, 0.2) is 0 Å². The van der Waals surface area contributed by atoms with E-state index in [2.05, 4.69) is 6.92 Å². The fraction of sp³-hybridized carbons (Fsp3) is 0.923. The number of carbonyl (C=O) groups excluding carboxylic acids is 1. The van der Waals surface area contributed by atoms with Gasteiger partial charge in [0.05, 0.1) is 5.54 Å². The Hall–Kier alpha value is -0.570. The van der Waals surface area contributed by atoms with Crippen LogP contribution in [0, 0.1) is 5.92 Å². The zero-order valence-electron chi connectivity index (χ0n) is 11.0. The predicted molar refractivity (Wildman–Crippen MR) is 67.1 cm³/mol. The number of carbonyl (C=O) groups is 1. The Bertz CT molecular complexity index is 238. The van der Waals surface area contributed by atoms with Crippen molar-refractivity contribution in [1.29, 1.82) is 0 Å². The lowest BCUT2D eigenvalue weighted by Crippen LogP contribution is -2.53. The van der Waals surface area contributed by atoms with Crippen molar-refractivity contribution < 1.29 is 4.79 Å². The summed E-state index contributed by atoms with van der Waals surface area (Å²) >= 11 is 0. The Morgan fingerprint density at radius 1 is 1.38 bits per heavy atom. The maximum atomic E-state index is 12.2. The summed E-state index contributed by atoms with van der Waals surface area (Å²) in [6.07, 6.45) is 5.47. The van der Waals surface area contributed by atoms with Crippen molar-refractivity contribution in [1.82, 2.24) is 4.90 Å². The van der Waals surface area contributed by atoms with E-state index < -0.39 is 5.54 Å². The monoisotopic (exact) mass is 226 g/mol. The first kappa shape index (κ1) is 13.5. The van der Waals surface area contributed by atoms with Crippen molar-refractivity contribution in [2.75, 3.05) is 13.1 Å². The fourth-order valence-corrected chi connectivity index (χ4v) is 2.29. The number of likely N-dealkylation sites (tertiary alicyclic amines) is 1. The molecule has 1 rings (SSSR count). The number of hydrogen-bond donors (Lipinski definition) is 1. The molecular weight excluding hydrogens is 200 g/mol. The molecule has 1 saturated heterocycles. The minimum Gasteiger partial charge on any atom is -0.341 e. The number of rotatable bonds is 3. The van der Waals surface area contributed by atoms with Gasteiger partial charge in [0, 0.05) is 13.1 Å². The van der Waals surface area contributed by atoms with E-state index in [1.165, 1.54) is 12.8 Å². The standard InChI is InChI=1S/C13H26N2O/c1-4-11-7-6-9-15(10-8-11)12(16)13(3,14)5-2/h11H,4-10,14H2,1-3H3. The smallest absolute Gasteiger partial charge is 0.242 e. The zero-order valence-corrected chi connectivity index (χ0v) is 11.0. The van der Waals surface area contributed by atoms with Gasteiger partial charge in [-0.3, -0.25) is 4.79 Å². The van der Waals surface area contributed by atoms with E-state index in [0.29, 0.717) is 6.42 Å². The van der Waals surface area contributed by atoms with Crippen LogP contribution < -0.4 is 5.73 Å². The molecule has 1 aliphatic rings. The molecule has 2 atom stereocenters. The second-order valence-corrected chi connectivity index (χ2v) is 5.27. The lowest BCUT2D eigenvalue weighted by atomic mass is 9.97. The van der Waals surface area contributed by atoms with Crippen molar-refractivity contribution in [2.24, 2.45) is 11.7 Å². The molecule has 1 fully saturated rings. The second kappa shape index (κ2) is 5.67. The zero-order chi connectivity index (χ0) is 12.2. The summed E-state index contributed by atoms with van der Waals surface area (Å²) < 4.78 is 0. The topological polar surface area (TPSA) is 46.3 Å². The van der Waals surface area contributed by atoms with Crippen LogP contribution in [0.25, 0.3) is 0 Å². The summed E-state index contributed by atoms with van der Waals surface area (Å²) in [4.78, 5) is 14.2. The SMILES string of the molecule is CCC1CCCN(C(=O)C(C)(N)CC)CC1. The average molecular weight is 226 g/mol. The van der Waals surface area contributed by atoms with E-state index in [-0.39, 0.29) is 5.91 Å². The van der Waals surface area contributed by atoms with Gasteiger partial charge < -0.3 is 10.6 Å². The highest BCUT2D eigenvalue weighted by Crippen LogP contribution is 2.22. The van der Waals surface area contributed by atoms with Crippen molar-refractivity contribution in [3.8, 4) is 0 Å². The molecule has 0 spiro atoms.